The summed E-state index contributed by atoms with van der Waals surface area (Å²) < 4.78 is 0. The topological polar surface area (TPSA) is 128 Å². The van der Waals surface area contributed by atoms with Gasteiger partial charge in [-0.1, -0.05) is 32.4 Å². The van der Waals surface area contributed by atoms with Gasteiger partial charge in [0.15, 0.2) is 0 Å². The highest BCUT2D eigenvalue weighted by molar-refractivity contribution is 6.10. The molecule has 27 heavy (non-hydrogen) atoms. The highest BCUT2D eigenvalue weighted by Gasteiger charge is 2.32. The van der Waals surface area contributed by atoms with E-state index in [1.165, 1.54) is 11.8 Å². The molecule has 0 spiro atoms. The van der Waals surface area contributed by atoms with Gasteiger partial charge in [-0.2, -0.15) is 0 Å². The Hall–Kier alpha value is -3.10. The van der Waals surface area contributed by atoms with Crippen molar-refractivity contribution in [2.45, 2.75) is 39.3 Å². The van der Waals surface area contributed by atoms with Crippen LogP contribution in [0.25, 0.3) is 0 Å². The minimum atomic E-state index is -1.17. The van der Waals surface area contributed by atoms with Crippen LogP contribution in [0.5, 0.6) is 0 Å². The van der Waals surface area contributed by atoms with Crippen LogP contribution in [-0.2, 0) is 14.4 Å². The number of hydrogen-bond donors (Lipinski definition) is 4. The molecule has 146 valence electrons. The average molecular weight is 376 g/mol. The second-order valence-corrected chi connectivity index (χ2v) is 6.53. The van der Waals surface area contributed by atoms with Gasteiger partial charge in [0.1, 0.15) is 18.6 Å². The van der Waals surface area contributed by atoms with Gasteiger partial charge in [0.05, 0.1) is 11.4 Å². The van der Waals surface area contributed by atoms with Crippen molar-refractivity contribution in [3.05, 3.63) is 24.3 Å². The van der Waals surface area contributed by atoms with Crippen molar-refractivity contribution in [1.82, 2.24) is 10.6 Å². The lowest BCUT2D eigenvalue weighted by Gasteiger charge is -2.32. The molecular weight excluding hydrogens is 352 g/mol. The zero-order chi connectivity index (χ0) is 20.1. The van der Waals surface area contributed by atoms with E-state index in [0.717, 1.165) is 0 Å². The second kappa shape index (κ2) is 8.52. The maximum absolute atomic E-state index is 12.8. The monoisotopic (exact) mass is 376 g/mol. The van der Waals surface area contributed by atoms with Crippen LogP contribution in [0, 0.1) is 5.92 Å². The van der Waals surface area contributed by atoms with E-state index < -0.39 is 30.0 Å². The Labute approximate surface area is 157 Å². The molecule has 1 aliphatic heterocycles. The van der Waals surface area contributed by atoms with Crippen LogP contribution in [-0.4, -0.2) is 47.5 Å². The quantitative estimate of drug-likeness (QED) is 0.592. The average Bonchev–Trinajstić information content (AvgIpc) is 2.64. The minimum Gasteiger partial charge on any atom is -0.480 e. The SMILES string of the molecule is CC[C@H](C)[C@H](NC(=O)N1CC(=O)Nc2ccccc21)C(=O)N[C@H](C)C(=O)O. The number of carboxylic acid groups (broad SMARTS) is 1. The van der Waals surface area contributed by atoms with Crippen LogP contribution in [0.1, 0.15) is 27.2 Å². The van der Waals surface area contributed by atoms with E-state index in [2.05, 4.69) is 16.0 Å². The van der Waals surface area contributed by atoms with E-state index in [1.807, 2.05) is 6.92 Å². The standard InChI is InChI=1S/C18H24N4O5/c1-4-10(2)15(16(24)19-11(3)17(25)26)21-18(27)22-9-14(23)20-12-7-5-6-8-13(12)22/h5-8,10-11,15H,4,9H2,1-3H3,(H,19,24)(H,20,23)(H,21,27)(H,25,26)/t10-,11+,15-/m0/s1. The first kappa shape index (κ1) is 20.2. The smallest absolute Gasteiger partial charge is 0.325 e. The predicted molar refractivity (Wildman–Crippen MR) is 99.4 cm³/mol. The fourth-order valence-corrected chi connectivity index (χ4v) is 2.69. The minimum absolute atomic E-state index is 0.177. The Morgan fingerprint density at radius 3 is 2.52 bits per heavy atom. The van der Waals surface area contributed by atoms with Crippen molar-refractivity contribution >= 4 is 35.2 Å². The maximum atomic E-state index is 12.8. The van der Waals surface area contributed by atoms with Crippen molar-refractivity contribution in [3.8, 4) is 0 Å². The van der Waals surface area contributed by atoms with Gasteiger partial charge in [-0.3, -0.25) is 19.3 Å². The highest BCUT2D eigenvalue weighted by atomic mass is 16.4. The number of urea groups is 1. The molecule has 4 N–H and O–H groups in total. The molecule has 1 aliphatic rings. The molecule has 1 aromatic carbocycles. The number of aliphatic carboxylic acids is 1. The molecule has 0 fully saturated rings. The summed E-state index contributed by atoms with van der Waals surface area (Å²) in [5, 5.41) is 16.7. The molecule has 0 radical (unpaired) electrons. The number of para-hydroxylation sites is 2. The first-order valence-electron chi connectivity index (χ1n) is 8.74. The Balaban J connectivity index is 2.20. The molecule has 3 atom stereocenters. The van der Waals surface area contributed by atoms with Crippen LogP contribution < -0.4 is 20.9 Å². The number of nitrogens with one attached hydrogen (secondary N) is 3. The first-order chi connectivity index (χ1) is 12.7. The molecule has 9 heteroatoms. The summed E-state index contributed by atoms with van der Waals surface area (Å²) in [7, 11) is 0. The molecule has 0 saturated heterocycles. The summed E-state index contributed by atoms with van der Waals surface area (Å²) in [5.74, 6) is -2.32. The Bertz CT molecular complexity index is 751. The number of carboxylic acids is 1. The fourth-order valence-electron chi connectivity index (χ4n) is 2.69. The lowest BCUT2D eigenvalue weighted by molar-refractivity contribution is -0.141. The van der Waals surface area contributed by atoms with Crippen molar-refractivity contribution in [3.63, 3.8) is 0 Å². The number of rotatable bonds is 6. The molecule has 2 rings (SSSR count). The normalized spacial score (nSPS) is 16.4. The van der Waals surface area contributed by atoms with E-state index in [4.69, 9.17) is 5.11 Å². The van der Waals surface area contributed by atoms with Gasteiger partial charge in [-0.15, -0.1) is 0 Å². The van der Waals surface area contributed by atoms with Crippen molar-refractivity contribution < 1.29 is 24.3 Å². The maximum Gasteiger partial charge on any atom is 0.325 e. The lowest BCUT2D eigenvalue weighted by atomic mass is 9.98. The first-order valence-corrected chi connectivity index (χ1v) is 8.74. The van der Waals surface area contributed by atoms with E-state index in [1.54, 1.807) is 31.2 Å². The molecule has 1 aromatic rings. The van der Waals surface area contributed by atoms with Crippen LogP contribution in [0.4, 0.5) is 16.2 Å². The summed E-state index contributed by atoms with van der Waals surface area (Å²) in [6.45, 7) is 4.82. The van der Waals surface area contributed by atoms with E-state index >= 15 is 0 Å². The number of benzene rings is 1. The van der Waals surface area contributed by atoms with Gasteiger partial charge < -0.3 is 21.1 Å². The molecule has 4 amide bonds. The van der Waals surface area contributed by atoms with Gasteiger partial charge in [0.2, 0.25) is 11.8 Å². The van der Waals surface area contributed by atoms with Crippen molar-refractivity contribution in [2.75, 3.05) is 16.8 Å². The molecule has 0 bridgehead atoms. The highest BCUT2D eigenvalue weighted by Crippen LogP contribution is 2.29. The Kier molecular flexibility index (Phi) is 6.38. The number of anilines is 2. The van der Waals surface area contributed by atoms with Gasteiger partial charge in [0.25, 0.3) is 0 Å². The van der Waals surface area contributed by atoms with E-state index in [0.29, 0.717) is 17.8 Å². The molecule has 0 saturated carbocycles. The largest absolute Gasteiger partial charge is 0.480 e. The van der Waals surface area contributed by atoms with Crippen molar-refractivity contribution in [1.29, 1.82) is 0 Å². The predicted octanol–water partition coefficient (Wildman–Crippen LogP) is 1.16. The van der Waals surface area contributed by atoms with Crippen molar-refractivity contribution in [2.24, 2.45) is 5.92 Å². The summed E-state index contributed by atoms with van der Waals surface area (Å²) in [4.78, 5) is 49.4. The zero-order valence-electron chi connectivity index (χ0n) is 15.5. The lowest BCUT2D eigenvalue weighted by Crippen LogP contribution is -2.57. The summed E-state index contributed by atoms with van der Waals surface area (Å²) in [6, 6.07) is 4.25. The third-order valence-corrected chi connectivity index (χ3v) is 4.52. The Morgan fingerprint density at radius 2 is 1.89 bits per heavy atom. The third-order valence-electron chi connectivity index (χ3n) is 4.52. The van der Waals surface area contributed by atoms with Crippen LogP contribution >= 0.6 is 0 Å². The molecule has 0 aliphatic carbocycles. The number of hydrogen-bond acceptors (Lipinski definition) is 4. The van der Waals surface area contributed by atoms with Crippen LogP contribution in [0.15, 0.2) is 24.3 Å². The zero-order valence-corrected chi connectivity index (χ0v) is 15.5. The van der Waals surface area contributed by atoms with Crippen LogP contribution in [0.2, 0.25) is 0 Å². The molecule has 0 aromatic heterocycles. The Morgan fingerprint density at radius 1 is 1.22 bits per heavy atom. The fraction of sp³-hybridized carbons (Fsp3) is 0.444. The second-order valence-electron chi connectivity index (χ2n) is 6.53. The molecule has 0 unspecified atom stereocenters. The van der Waals surface area contributed by atoms with Gasteiger partial charge >= 0.3 is 12.0 Å². The number of fused-ring (bicyclic) bond motifs is 1. The summed E-state index contributed by atoms with van der Waals surface area (Å²) in [6.07, 6.45) is 0.594. The number of nitrogens with zero attached hydrogens (tertiary/aromatic N) is 1. The molecule has 1 heterocycles. The van der Waals surface area contributed by atoms with E-state index in [9.17, 15) is 19.2 Å². The van der Waals surface area contributed by atoms with Gasteiger partial charge in [-0.05, 0) is 25.0 Å². The molecule has 9 nitrogen and oxygen atoms in total. The van der Waals surface area contributed by atoms with E-state index in [-0.39, 0.29) is 18.4 Å². The third kappa shape index (κ3) is 4.75. The van der Waals surface area contributed by atoms with Gasteiger partial charge in [0, 0.05) is 0 Å². The van der Waals surface area contributed by atoms with Gasteiger partial charge in [-0.25, -0.2) is 4.79 Å². The number of carbonyl (C=O) groups excluding carboxylic acids is 3. The molecular formula is C18H24N4O5. The summed E-state index contributed by atoms with van der Waals surface area (Å²) >= 11 is 0. The number of amides is 4. The van der Waals surface area contributed by atoms with Crippen LogP contribution in [0.3, 0.4) is 0 Å². The summed E-state index contributed by atoms with van der Waals surface area (Å²) in [5.41, 5.74) is 1.03. The number of carbonyl (C=O) groups is 4.